The number of hydrogen-bond acceptors (Lipinski definition) is 3. The molecule has 17 heavy (non-hydrogen) atoms. The van der Waals surface area contributed by atoms with Crippen LogP contribution in [0.1, 0.15) is 12.8 Å². The third-order valence-electron chi connectivity index (χ3n) is 3.04. The molecule has 0 saturated heterocycles. The van der Waals surface area contributed by atoms with Gasteiger partial charge in [-0.05, 0) is 25.0 Å². The van der Waals surface area contributed by atoms with E-state index in [1.165, 1.54) is 24.1 Å². The van der Waals surface area contributed by atoms with Crippen LogP contribution in [-0.4, -0.2) is 25.6 Å². The number of amides is 1. The predicted octanol–water partition coefficient (Wildman–Crippen LogP) is 1.29. The Morgan fingerprint density at radius 2 is 2.18 bits per heavy atom. The highest BCUT2D eigenvalue weighted by Gasteiger charge is 2.47. The topological polar surface area (TPSA) is 55.6 Å². The Morgan fingerprint density at radius 1 is 1.53 bits per heavy atom. The molecule has 0 unspecified atom stereocenters. The summed E-state index contributed by atoms with van der Waals surface area (Å²) >= 11 is 0. The lowest BCUT2D eigenvalue weighted by Gasteiger charge is -2.21. The molecule has 92 valence electrons. The van der Waals surface area contributed by atoms with Crippen molar-refractivity contribution in [2.75, 3.05) is 19.1 Å². The maximum atomic E-state index is 13.5. The van der Waals surface area contributed by atoms with Crippen LogP contribution in [0.15, 0.2) is 18.2 Å². The van der Waals surface area contributed by atoms with Crippen LogP contribution in [0.25, 0.3) is 0 Å². The zero-order chi connectivity index (χ0) is 12.6. The molecule has 4 nitrogen and oxygen atoms in total. The van der Waals surface area contributed by atoms with Gasteiger partial charge in [0, 0.05) is 18.8 Å². The summed E-state index contributed by atoms with van der Waals surface area (Å²) in [6.07, 6.45) is 1.38. The van der Waals surface area contributed by atoms with Crippen molar-refractivity contribution in [1.82, 2.24) is 0 Å². The fourth-order valence-electron chi connectivity index (χ4n) is 1.66. The van der Waals surface area contributed by atoms with E-state index in [4.69, 9.17) is 10.5 Å². The molecule has 1 aliphatic carbocycles. The van der Waals surface area contributed by atoms with Gasteiger partial charge in [0.05, 0.1) is 12.6 Å². The highest BCUT2D eigenvalue weighted by Crippen LogP contribution is 2.35. The highest BCUT2D eigenvalue weighted by molar-refractivity contribution is 6.01. The van der Waals surface area contributed by atoms with Crippen LogP contribution < -0.4 is 15.4 Å². The SMILES string of the molecule is COc1ccc(N(C)C(=O)C2(N)CC2)cc1F. The molecule has 0 bridgehead atoms. The van der Waals surface area contributed by atoms with Crippen molar-refractivity contribution in [1.29, 1.82) is 0 Å². The first kappa shape index (κ1) is 11.9. The summed E-state index contributed by atoms with van der Waals surface area (Å²) in [6.45, 7) is 0. The largest absolute Gasteiger partial charge is 0.494 e. The van der Waals surface area contributed by atoms with Gasteiger partial charge in [0.2, 0.25) is 5.91 Å². The summed E-state index contributed by atoms with van der Waals surface area (Å²) in [7, 11) is 2.99. The number of carbonyl (C=O) groups excluding carboxylic acids is 1. The lowest BCUT2D eigenvalue weighted by Crippen LogP contribution is -2.43. The van der Waals surface area contributed by atoms with Gasteiger partial charge in [-0.25, -0.2) is 4.39 Å². The van der Waals surface area contributed by atoms with Crippen molar-refractivity contribution in [3.05, 3.63) is 24.0 Å². The molecule has 1 aromatic rings. The second-order valence-corrected chi connectivity index (χ2v) is 4.34. The van der Waals surface area contributed by atoms with E-state index in [-0.39, 0.29) is 11.7 Å². The summed E-state index contributed by atoms with van der Waals surface area (Å²) in [5, 5.41) is 0. The molecule has 2 N–H and O–H groups in total. The van der Waals surface area contributed by atoms with Gasteiger partial charge < -0.3 is 15.4 Å². The number of methoxy groups -OCH3 is 1. The van der Waals surface area contributed by atoms with Crippen LogP contribution >= 0.6 is 0 Å². The highest BCUT2D eigenvalue weighted by atomic mass is 19.1. The molecule has 0 atom stereocenters. The number of nitrogens with zero attached hydrogens (tertiary/aromatic N) is 1. The minimum atomic E-state index is -0.745. The van der Waals surface area contributed by atoms with E-state index < -0.39 is 11.4 Å². The van der Waals surface area contributed by atoms with Crippen LogP contribution in [0.5, 0.6) is 5.75 Å². The first-order chi connectivity index (χ1) is 7.98. The number of hydrogen-bond donors (Lipinski definition) is 1. The van der Waals surface area contributed by atoms with Crippen molar-refractivity contribution < 1.29 is 13.9 Å². The molecule has 5 heteroatoms. The molecule has 0 heterocycles. The predicted molar refractivity (Wildman–Crippen MR) is 62.5 cm³/mol. The van der Waals surface area contributed by atoms with Gasteiger partial charge in [0.1, 0.15) is 0 Å². The number of carbonyl (C=O) groups is 1. The molecule has 2 rings (SSSR count). The minimum absolute atomic E-state index is 0.156. The smallest absolute Gasteiger partial charge is 0.246 e. The Hall–Kier alpha value is -1.62. The van der Waals surface area contributed by atoms with Crippen molar-refractivity contribution >= 4 is 11.6 Å². The maximum Gasteiger partial charge on any atom is 0.246 e. The summed E-state index contributed by atoms with van der Waals surface area (Å²) in [4.78, 5) is 13.3. The van der Waals surface area contributed by atoms with Crippen LogP contribution in [0.4, 0.5) is 10.1 Å². The summed E-state index contributed by atoms with van der Waals surface area (Å²) < 4.78 is 18.3. The normalized spacial score (nSPS) is 16.5. The molecule has 0 aromatic heterocycles. The van der Waals surface area contributed by atoms with Gasteiger partial charge in [-0.2, -0.15) is 0 Å². The van der Waals surface area contributed by atoms with E-state index in [1.807, 2.05) is 0 Å². The Morgan fingerprint density at radius 3 is 2.65 bits per heavy atom. The number of anilines is 1. The first-order valence-electron chi connectivity index (χ1n) is 5.38. The van der Waals surface area contributed by atoms with Gasteiger partial charge in [-0.3, -0.25) is 4.79 Å². The van der Waals surface area contributed by atoms with Gasteiger partial charge in [-0.1, -0.05) is 0 Å². The maximum absolute atomic E-state index is 13.5. The fourth-order valence-corrected chi connectivity index (χ4v) is 1.66. The third-order valence-corrected chi connectivity index (χ3v) is 3.04. The zero-order valence-corrected chi connectivity index (χ0v) is 9.87. The molecular weight excluding hydrogens is 223 g/mol. The second-order valence-electron chi connectivity index (χ2n) is 4.34. The minimum Gasteiger partial charge on any atom is -0.494 e. The Balaban J connectivity index is 2.22. The standard InChI is InChI=1S/C12H15FN2O2/c1-15(11(16)12(14)5-6-12)8-3-4-10(17-2)9(13)7-8/h3-4,7H,5-6,14H2,1-2H3. The Labute approximate surface area is 99.2 Å². The molecule has 1 amide bonds. The van der Waals surface area contributed by atoms with Crippen LogP contribution in [0.2, 0.25) is 0 Å². The fraction of sp³-hybridized carbons (Fsp3) is 0.417. The van der Waals surface area contributed by atoms with Crippen LogP contribution in [0, 0.1) is 5.82 Å². The Bertz CT molecular complexity index is 458. The van der Waals surface area contributed by atoms with Gasteiger partial charge in [0.15, 0.2) is 11.6 Å². The Kier molecular flexibility index (Phi) is 2.79. The summed E-state index contributed by atoms with van der Waals surface area (Å²) in [5.41, 5.74) is 5.54. The summed E-state index contributed by atoms with van der Waals surface area (Å²) in [5.74, 6) is -0.517. The number of likely N-dealkylation sites (N-methyl/N-ethyl adjacent to an activating group) is 1. The van der Waals surface area contributed by atoms with E-state index in [0.29, 0.717) is 18.5 Å². The quantitative estimate of drug-likeness (QED) is 0.863. The van der Waals surface area contributed by atoms with E-state index in [0.717, 1.165) is 0 Å². The monoisotopic (exact) mass is 238 g/mol. The molecule has 0 aliphatic heterocycles. The number of ether oxygens (including phenoxy) is 1. The molecular formula is C12H15FN2O2. The lowest BCUT2D eigenvalue weighted by atomic mass is 10.2. The van der Waals surface area contributed by atoms with E-state index >= 15 is 0 Å². The summed E-state index contributed by atoms with van der Waals surface area (Å²) in [6, 6.07) is 4.39. The second kappa shape index (κ2) is 4.00. The van der Waals surface area contributed by atoms with Gasteiger partial charge in [-0.15, -0.1) is 0 Å². The number of nitrogens with two attached hydrogens (primary N) is 1. The van der Waals surface area contributed by atoms with Crippen molar-refractivity contribution in [2.24, 2.45) is 5.73 Å². The number of rotatable bonds is 3. The van der Waals surface area contributed by atoms with Crippen LogP contribution in [-0.2, 0) is 4.79 Å². The van der Waals surface area contributed by atoms with E-state index in [1.54, 1.807) is 13.1 Å². The van der Waals surface area contributed by atoms with Crippen molar-refractivity contribution in [3.8, 4) is 5.75 Å². The van der Waals surface area contributed by atoms with Gasteiger partial charge >= 0.3 is 0 Å². The van der Waals surface area contributed by atoms with Gasteiger partial charge in [0.25, 0.3) is 0 Å². The zero-order valence-electron chi connectivity index (χ0n) is 9.87. The molecule has 0 spiro atoms. The lowest BCUT2D eigenvalue weighted by molar-refractivity contribution is -0.120. The third kappa shape index (κ3) is 2.10. The molecule has 1 aromatic carbocycles. The van der Waals surface area contributed by atoms with E-state index in [9.17, 15) is 9.18 Å². The van der Waals surface area contributed by atoms with E-state index in [2.05, 4.69) is 0 Å². The van der Waals surface area contributed by atoms with Crippen LogP contribution in [0.3, 0.4) is 0 Å². The number of halogens is 1. The average Bonchev–Trinajstić information content (AvgIpc) is 3.06. The average molecular weight is 238 g/mol. The molecule has 1 fully saturated rings. The molecule has 1 aliphatic rings. The molecule has 0 radical (unpaired) electrons. The first-order valence-corrected chi connectivity index (χ1v) is 5.38. The molecule has 1 saturated carbocycles. The van der Waals surface area contributed by atoms with Crippen molar-refractivity contribution in [2.45, 2.75) is 18.4 Å². The van der Waals surface area contributed by atoms with Crippen molar-refractivity contribution in [3.63, 3.8) is 0 Å². The number of benzene rings is 1.